The molecule has 9 heterocycles. The lowest BCUT2D eigenvalue weighted by Gasteiger charge is -2.32. The van der Waals surface area contributed by atoms with Gasteiger partial charge in [-0.3, -0.25) is 13.7 Å². The van der Waals surface area contributed by atoms with E-state index in [-0.39, 0.29) is 0 Å². The van der Waals surface area contributed by atoms with Gasteiger partial charge >= 0.3 is 0 Å². The van der Waals surface area contributed by atoms with Crippen LogP contribution in [0.2, 0.25) is 0 Å². The first-order chi connectivity index (χ1) is 67.5. The lowest BCUT2D eigenvalue weighted by atomic mass is 9.96. The van der Waals surface area contributed by atoms with Crippen molar-refractivity contribution in [1.29, 1.82) is 0 Å². The molecule has 0 N–H and O–H groups in total. The number of rotatable bonds is 6. The van der Waals surface area contributed by atoms with Crippen molar-refractivity contribution >= 4 is 192 Å². The third kappa shape index (κ3) is 10.5. The molecular formula is C124H72N12. The zero-order chi connectivity index (χ0) is 88.6. The Kier molecular flexibility index (Phi) is 15.6. The Balaban J connectivity index is 0.0000000969. The van der Waals surface area contributed by atoms with Gasteiger partial charge in [0.05, 0.1) is 117 Å². The van der Waals surface area contributed by atoms with Crippen LogP contribution in [0, 0.1) is 0 Å². The van der Waals surface area contributed by atoms with Crippen molar-refractivity contribution in [2.75, 3.05) is 14.7 Å². The Labute approximate surface area is 778 Å². The van der Waals surface area contributed by atoms with Crippen molar-refractivity contribution in [2.24, 2.45) is 0 Å². The minimum atomic E-state index is 0.679. The van der Waals surface area contributed by atoms with Crippen LogP contribution >= 0.6 is 0 Å². The lowest BCUT2D eigenvalue weighted by Crippen LogP contribution is -2.16. The summed E-state index contributed by atoms with van der Waals surface area (Å²) in [5.41, 5.74) is 35.9. The van der Waals surface area contributed by atoms with Crippen LogP contribution in [0.25, 0.3) is 237 Å². The number of fused-ring (bicyclic) bond motifs is 27. The van der Waals surface area contributed by atoms with E-state index < -0.39 is 0 Å². The molecule has 628 valence electrons. The van der Waals surface area contributed by atoms with Gasteiger partial charge in [0.25, 0.3) is 0 Å². The van der Waals surface area contributed by atoms with E-state index in [1.165, 1.54) is 120 Å². The molecule has 0 saturated carbocycles. The van der Waals surface area contributed by atoms with Crippen molar-refractivity contribution in [2.45, 2.75) is 0 Å². The molecule has 0 radical (unpaired) electrons. The number of nitrogens with zero attached hydrogens (tertiary/aromatic N) is 12. The van der Waals surface area contributed by atoms with Crippen LogP contribution in [0.5, 0.6) is 0 Å². The summed E-state index contributed by atoms with van der Waals surface area (Å²) in [5, 5.41) is 20.6. The topological polar surface area (TPSA) is 102 Å². The van der Waals surface area contributed by atoms with Crippen LogP contribution < -0.4 is 14.7 Å². The van der Waals surface area contributed by atoms with E-state index in [2.05, 4.69) is 465 Å². The molecule has 21 aromatic carbocycles. The van der Waals surface area contributed by atoms with Crippen molar-refractivity contribution in [3.8, 4) is 96.1 Å². The Morgan fingerprint density at radius 1 is 0.154 bits per heavy atom. The Morgan fingerprint density at radius 3 is 0.941 bits per heavy atom. The molecule has 0 fully saturated rings. The maximum atomic E-state index is 5.48. The van der Waals surface area contributed by atoms with Crippen LogP contribution in [-0.4, -0.2) is 43.6 Å². The maximum absolute atomic E-state index is 5.48. The van der Waals surface area contributed by atoms with Gasteiger partial charge < -0.3 is 14.7 Å². The van der Waals surface area contributed by atoms with Crippen molar-refractivity contribution in [3.05, 3.63) is 437 Å². The second-order valence-corrected chi connectivity index (χ2v) is 35.8. The van der Waals surface area contributed by atoms with Gasteiger partial charge in [-0.1, -0.05) is 309 Å². The lowest BCUT2D eigenvalue weighted by molar-refractivity contribution is 1.01. The third-order valence-electron chi connectivity index (χ3n) is 28.8. The maximum Gasteiger partial charge on any atom is 0.235 e. The van der Waals surface area contributed by atoms with E-state index in [0.29, 0.717) is 17.8 Å². The summed E-state index contributed by atoms with van der Waals surface area (Å²) in [6.07, 6.45) is 0. The van der Waals surface area contributed by atoms with E-state index in [0.717, 1.165) is 151 Å². The Bertz CT molecular complexity index is 9820. The van der Waals surface area contributed by atoms with Gasteiger partial charge in [-0.15, -0.1) is 0 Å². The van der Waals surface area contributed by atoms with Crippen LogP contribution in [0.1, 0.15) is 0 Å². The molecule has 27 aromatic rings. The molecule has 3 aliphatic heterocycles. The average Bonchev–Trinajstić information content (AvgIpc) is 1.53. The largest absolute Gasteiger partial charge is 0.309 e. The molecule has 0 amide bonds. The fourth-order valence-electron chi connectivity index (χ4n) is 23.3. The normalized spacial score (nSPS) is 12.7. The van der Waals surface area contributed by atoms with E-state index in [4.69, 9.17) is 29.9 Å². The number of aromatic nitrogens is 9. The van der Waals surface area contributed by atoms with Gasteiger partial charge in [-0.05, 0) is 210 Å². The number of anilines is 9. The molecule has 0 saturated heterocycles. The average molecular weight is 1730 g/mol. The first kappa shape index (κ1) is 74.3. The van der Waals surface area contributed by atoms with Crippen LogP contribution in [0.15, 0.2) is 437 Å². The minimum Gasteiger partial charge on any atom is -0.309 e. The molecule has 136 heavy (non-hydrogen) atoms. The molecule has 0 spiro atoms. The number of benzene rings is 21. The summed E-state index contributed by atoms with van der Waals surface area (Å²) < 4.78 is 6.84. The van der Waals surface area contributed by atoms with Gasteiger partial charge in [-0.2, -0.15) is 0 Å². The highest BCUT2D eigenvalue weighted by atomic mass is 15.2. The third-order valence-corrected chi connectivity index (χ3v) is 28.8. The van der Waals surface area contributed by atoms with Crippen LogP contribution in [-0.2, 0) is 0 Å². The molecule has 0 atom stereocenters. The Morgan fingerprint density at radius 2 is 0.478 bits per heavy atom. The standard InChI is InChI=1S/2C42H24N4.C40H24N4/c1-2-12-25(13-3-1)45-35-22-9-7-17-30(35)41-40-33(20-11-23-36(40)45)43-42(44-41)46-34-21-8-6-16-29(34)39-31-19-10-18-28-26-14-4-5-15-27(26)32(38(28)31)24-37(39)46;1-2-12-25(13-3-1)45-36-22-9-7-17-30(36)40-39-34(20-11-23-37(39)45)43-42(44-40)46-35-21-8-6-16-28(35)33-24-32-27-15-5-4-14-26(27)29-18-10-19-31(38(29)32)41(33)46;1-2-13-27(14-3-1)43-32-19-9-8-17-30(32)39-38-31(18-10-20-33(38)43)41-40(42-39)44-34-23-21-25-11-4-6-15-28(25)36(34)37-29-16-7-5-12-26(29)22-24-35(37)44/h2*1-24H;1-24H. The van der Waals surface area contributed by atoms with E-state index in [9.17, 15) is 0 Å². The second kappa shape index (κ2) is 28.5. The van der Waals surface area contributed by atoms with Gasteiger partial charge in [-0.25, -0.2) is 29.9 Å². The molecule has 0 bridgehead atoms. The molecule has 2 aliphatic carbocycles. The van der Waals surface area contributed by atoms with Crippen molar-refractivity contribution in [3.63, 3.8) is 0 Å². The number of para-hydroxylation sites is 8. The van der Waals surface area contributed by atoms with Crippen molar-refractivity contribution < 1.29 is 0 Å². The molecule has 12 heteroatoms. The molecule has 0 unspecified atom stereocenters. The van der Waals surface area contributed by atoms with Crippen LogP contribution in [0.4, 0.5) is 51.2 Å². The van der Waals surface area contributed by atoms with Gasteiger partial charge in [0.2, 0.25) is 17.8 Å². The number of hydrogen-bond acceptors (Lipinski definition) is 9. The van der Waals surface area contributed by atoms with Crippen LogP contribution in [0.3, 0.4) is 0 Å². The summed E-state index contributed by atoms with van der Waals surface area (Å²) in [7, 11) is 0. The smallest absolute Gasteiger partial charge is 0.235 e. The summed E-state index contributed by atoms with van der Waals surface area (Å²) in [6, 6.07) is 156. The minimum absolute atomic E-state index is 0.679. The Hall–Kier alpha value is -18.5. The van der Waals surface area contributed by atoms with Crippen molar-refractivity contribution in [1.82, 2.24) is 43.6 Å². The zero-order valence-electron chi connectivity index (χ0n) is 72.9. The highest BCUT2D eigenvalue weighted by molar-refractivity contribution is 6.32. The summed E-state index contributed by atoms with van der Waals surface area (Å²) in [5.74, 6) is 2.05. The first-order valence-corrected chi connectivity index (χ1v) is 46.3. The highest BCUT2D eigenvalue weighted by Crippen LogP contribution is 2.58. The summed E-state index contributed by atoms with van der Waals surface area (Å²) >= 11 is 0. The number of hydrogen-bond donors (Lipinski definition) is 0. The zero-order valence-corrected chi connectivity index (χ0v) is 72.9. The fraction of sp³-hybridized carbons (Fsp3) is 0. The molecule has 12 nitrogen and oxygen atoms in total. The molecule has 6 aromatic heterocycles. The molecule has 32 rings (SSSR count). The van der Waals surface area contributed by atoms with E-state index >= 15 is 0 Å². The second-order valence-electron chi connectivity index (χ2n) is 35.8. The predicted molar refractivity (Wildman–Crippen MR) is 562 cm³/mol. The van der Waals surface area contributed by atoms with E-state index in [1.807, 2.05) is 0 Å². The van der Waals surface area contributed by atoms with Gasteiger partial charge in [0, 0.05) is 71.5 Å². The molecule has 5 aliphatic rings. The molecular weight excluding hydrogens is 1660 g/mol. The first-order valence-electron chi connectivity index (χ1n) is 46.3. The summed E-state index contributed by atoms with van der Waals surface area (Å²) in [4.78, 5) is 39.4. The SMILES string of the molecule is c1ccc(N2c3ccccc3-c3nc(-n4c5ccc6ccccc6c5c5c6ccccc6ccc54)nc4cccc2c34)cc1.c1ccc(N2c3ccccc3-c3nc(-n4c5ccccc5c5c6cccc7c6c(cc54)-c4ccccc4-7)nc4cccc2c34)cc1.c1ccc(N2c3ccccc3-c3nc(-n4c5ccccc5c5cc6c7c(cccc7c54)-c4ccccc4-6)nc4cccc2c34)cc1. The van der Waals surface area contributed by atoms with Gasteiger partial charge in [0.15, 0.2) is 0 Å². The highest BCUT2D eigenvalue weighted by Gasteiger charge is 2.36. The van der Waals surface area contributed by atoms with E-state index in [1.54, 1.807) is 0 Å². The van der Waals surface area contributed by atoms with Gasteiger partial charge in [0.1, 0.15) is 0 Å². The fourth-order valence-corrected chi connectivity index (χ4v) is 23.3. The predicted octanol–water partition coefficient (Wildman–Crippen LogP) is 32.4. The monoisotopic (exact) mass is 1730 g/mol. The quantitative estimate of drug-likeness (QED) is 0.161. The summed E-state index contributed by atoms with van der Waals surface area (Å²) in [6.45, 7) is 0.